The third kappa shape index (κ3) is 5.24. The highest BCUT2D eigenvalue weighted by atomic mass is 16.5. The number of amides is 1. The molecule has 0 aliphatic carbocycles. The average Bonchev–Trinajstić information content (AvgIpc) is 3.21. The maximum atomic E-state index is 12.8. The van der Waals surface area contributed by atoms with E-state index in [4.69, 9.17) is 4.74 Å². The summed E-state index contributed by atoms with van der Waals surface area (Å²) in [6.45, 7) is 7.44. The number of nitrogens with one attached hydrogen (secondary N) is 2. The minimum absolute atomic E-state index is 0.0591. The molecule has 3 rings (SSSR count). The SMILES string of the molecule is COc1ccc(CNC(=O)C2CC(C(=O)c3ccc(C(C)(C)C)cc3)CN2)cc1. The summed E-state index contributed by atoms with van der Waals surface area (Å²) in [5.74, 6) is 0.643. The lowest BCUT2D eigenvalue weighted by atomic mass is 9.85. The van der Waals surface area contributed by atoms with Gasteiger partial charge in [0.15, 0.2) is 5.78 Å². The van der Waals surface area contributed by atoms with E-state index in [0.717, 1.165) is 11.3 Å². The Morgan fingerprint density at radius 2 is 1.72 bits per heavy atom. The Balaban J connectivity index is 1.53. The van der Waals surface area contributed by atoms with Crippen LogP contribution in [0.3, 0.4) is 0 Å². The summed E-state index contributed by atoms with van der Waals surface area (Å²) >= 11 is 0. The maximum absolute atomic E-state index is 12.8. The van der Waals surface area contributed by atoms with Crippen molar-refractivity contribution in [3.63, 3.8) is 0 Å². The van der Waals surface area contributed by atoms with Crippen molar-refractivity contribution < 1.29 is 14.3 Å². The van der Waals surface area contributed by atoms with Gasteiger partial charge in [0.2, 0.25) is 5.91 Å². The predicted octanol–water partition coefficient (Wildman–Crippen LogP) is 3.47. The van der Waals surface area contributed by atoms with Crippen molar-refractivity contribution in [1.82, 2.24) is 10.6 Å². The topological polar surface area (TPSA) is 67.4 Å². The second kappa shape index (κ2) is 8.78. The number of methoxy groups -OCH3 is 1. The number of hydrogen-bond acceptors (Lipinski definition) is 4. The van der Waals surface area contributed by atoms with E-state index in [-0.39, 0.29) is 29.1 Å². The van der Waals surface area contributed by atoms with Crippen LogP contribution in [0.5, 0.6) is 5.75 Å². The van der Waals surface area contributed by atoms with Crippen molar-refractivity contribution >= 4 is 11.7 Å². The smallest absolute Gasteiger partial charge is 0.237 e. The molecule has 2 aromatic rings. The van der Waals surface area contributed by atoms with Crippen molar-refractivity contribution in [1.29, 1.82) is 0 Å². The Morgan fingerprint density at radius 1 is 1.07 bits per heavy atom. The molecule has 0 aromatic heterocycles. The zero-order chi connectivity index (χ0) is 21.0. The third-order valence-corrected chi connectivity index (χ3v) is 5.48. The lowest BCUT2D eigenvalue weighted by Gasteiger charge is -2.19. The van der Waals surface area contributed by atoms with Gasteiger partial charge in [-0.1, -0.05) is 57.2 Å². The minimum atomic E-state index is -0.337. The Bertz CT molecular complexity index is 851. The zero-order valence-corrected chi connectivity index (χ0v) is 17.6. The molecule has 29 heavy (non-hydrogen) atoms. The average molecular weight is 395 g/mol. The molecule has 1 heterocycles. The van der Waals surface area contributed by atoms with E-state index in [1.54, 1.807) is 7.11 Å². The monoisotopic (exact) mass is 394 g/mol. The molecule has 2 unspecified atom stereocenters. The van der Waals surface area contributed by atoms with Crippen molar-refractivity contribution in [2.45, 2.75) is 45.2 Å². The maximum Gasteiger partial charge on any atom is 0.237 e. The molecular formula is C24H30N2O3. The molecule has 5 heteroatoms. The lowest BCUT2D eigenvalue weighted by Crippen LogP contribution is -2.39. The number of carbonyl (C=O) groups excluding carboxylic acids is 2. The molecule has 2 aromatic carbocycles. The number of ketones is 1. The molecule has 2 atom stereocenters. The standard InChI is InChI=1S/C24H30N2O3/c1-24(2,3)19-9-7-17(8-10-19)22(27)18-13-21(25-15-18)23(28)26-14-16-5-11-20(29-4)12-6-16/h5-12,18,21,25H,13-15H2,1-4H3,(H,26,28). The first-order chi connectivity index (χ1) is 13.8. The van der Waals surface area contributed by atoms with E-state index < -0.39 is 0 Å². The molecule has 5 nitrogen and oxygen atoms in total. The fraction of sp³-hybridized carbons (Fsp3) is 0.417. The molecule has 0 spiro atoms. The van der Waals surface area contributed by atoms with Crippen LogP contribution in [0, 0.1) is 5.92 Å². The molecule has 0 saturated carbocycles. The Labute approximate surface area is 172 Å². The first kappa shape index (κ1) is 21.1. The quantitative estimate of drug-likeness (QED) is 0.736. The number of carbonyl (C=O) groups is 2. The van der Waals surface area contributed by atoms with Crippen molar-refractivity contribution in [2.24, 2.45) is 5.92 Å². The molecule has 1 amide bonds. The van der Waals surface area contributed by atoms with Gasteiger partial charge in [0.05, 0.1) is 13.2 Å². The summed E-state index contributed by atoms with van der Waals surface area (Å²) in [6, 6.07) is 15.1. The number of benzene rings is 2. The second-order valence-electron chi connectivity index (χ2n) is 8.65. The summed E-state index contributed by atoms with van der Waals surface area (Å²) < 4.78 is 5.14. The first-order valence-electron chi connectivity index (χ1n) is 10.1. The van der Waals surface area contributed by atoms with Crippen LogP contribution >= 0.6 is 0 Å². The summed E-state index contributed by atoms with van der Waals surface area (Å²) in [5.41, 5.74) is 2.98. The molecule has 1 saturated heterocycles. The summed E-state index contributed by atoms with van der Waals surface area (Å²) in [6.07, 6.45) is 0.522. The predicted molar refractivity (Wildman–Crippen MR) is 114 cm³/mol. The van der Waals surface area contributed by atoms with Gasteiger partial charge in [-0.3, -0.25) is 9.59 Å². The molecular weight excluding hydrogens is 364 g/mol. The van der Waals surface area contributed by atoms with Crippen LogP contribution in [0.1, 0.15) is 48.7 Å². The fourth-order valence-corrected chi connectivity index (χ4v) is 3.56. The summed E-state index contributed by atoms with van der Waals surface area (Å²) in [4.78, 5) is 25.3. The minimum Gasteiger partial charge on any atom is -0.497 e. The van der Waals surface area contributed by atoms with Gasteiger partial charge >= 0.3 is 0 Å². The van der Waals surface area contributed by atoms with Gasteiger partial charge in [-0.25, -0.2) is 0 Å². The molecule has 154 valence electrons. The van der Waals surface area contributed by atoms with Gasteiger partial charge in [-0.15, -0.1) is 0 Å². The van der Waals surface area contributed by atoms with Crippen LogP contribution in [-0.2, 0) is 16.8 Å². The van der Waals surface area contributed by atoms with Gasteiger partial charge in [-0.2, -0.15) is 0 Å². The molecule has 0 bridgehead atoms. The normalized spacial score (nSPS) is 19.0. The fourth-order valence-electron chi connectivity index (χ4n) is 3.56. The van der Waals surface area contributed by atoms with E-state index in [2.05, 4.69) is 31.4 Å². The molecule has 1 aliphatic heterocycles. The summed E-state index contributed by atoms with van der Waals surface area (Å²) in [5, 5.41) is 6.14. The van der Waals surface area contributed by atoms with E-state index >= 15 is 0 Å². The van der Waals surface area contributed by atoms with Crippen molar-refractivity contribution in [3.05, 3.63) is 65.2 Å². The van der Waals surface area contributed by atoms with Crippen LogP contribution in [-0.4, -0.2) is 31.4 Å². The van der Waals surface area contributed by atoms with E-state index in [1.807, 2.05) is 48.5 Å². The largest absolute Gasteiger partial charge is 0.497 e. The van der Waals surface area contributed by atoms with Gasteiger partial charge in [-0.05, 0) is 35.1 Å². The highest BCUT2D eigenvalue weighted by molar-refractivity contribution is 5.99. The van der Waals surface area contributed by atoms with Crippen molar-refractivity contribution in [2.75, 3.05) is 13.7 Å². The van der Waals surface area contributed by atoms with Gasteiger partial charge < -0.3 is 15.4 Å². The van der Waals surface area contributed by atoms with Crippen molar-refractivity contribution in [3.8, 4) is 5.75 Å². The Kier molecular flexibility index (Phi) is 6.38. The van der Waals surface area contributed by atoms with Crippen LogP contribution < -0.4 is 15.4 Å². The van der Waals surface area contributed by atoms with Crippen LogP contribution in [0.4, 0.5) is 0 Å². The highest BCUT2D eigenvalue weighted by Gasteiger charge is 2.33. The van der Waals surface area contributed by atoms with Crippen LogP contribution in [0.25, 0.3) is 0 Å². The third-order valence-electron chi connectivity index (χ3n) is 5.48. The second-order valence-corrected chi connectivity index (χ2v) is 8.65. The summed E-state index contributed by atoms with van der Waals surface area (Å²) in [7, 11) is 1.62. The highest BCUT2D eigenvalue weighted by Crippen LogP contribution is 2.24. The van der Waals surface area contributed by atoms with E-state index in [1.165, 1.54) is 5.56 Å². The molecule has 2 N–H and O–H groups in total. The lowest BCUT2D eigenvalue weighted by molar-refractivity contribution is -0.122. The molecule has 0 radical (unpaired) electrons. The Hall–Kier alpha value is -2.66. The molecule has 1 aliphatic rings. The Morgan fingerprint density at radius 3 is 2.31 bits per heavy atom. The van der Waals surface area contributed by atoms with Crippen LogP contribution in [0.2, 0.25) is 0 Å². The number of Topliss-reactive ketones (excluding diaryl/α,β-unsaturated/α-hetero) is 1. The number of rotatable bonds is 6. The van der Waals surface area contributed by atoms with Crippen LogP contribution in [0.15, 0.2) is 48.5 Å². The van der Waals surface area contributed by atoms with Gasteiger partial charge in [0.1, 0.15) is 5.75 Å². The number of hydrogen-bond donors (Lipinski definition) is 2. The first-order valence-corrected chi connectivity index (χ1v) is 10.1. The zero-order valence-electron chi connectivity index (χ0n) is 17.6. The molecule has 1 fully saturated rings. The van der Waals surface area contributed by atoms with Gasteiger partial charge in [0, 0.05) is 24.6 Å². The van der Waals surface area contributed by atoms with E-state index in [9.17, 15) is 9.59 Å². The van der Waals surface area contributed by atoms with E-state index in [0.29, 0.717) is 25.1 Å². The number of ether oxygens (including phenoxy) is 1. The van der Waals surface area contributed by atoms with Gasteiger partial charge in [0.25, 0.3) is 0 Å².